The molecular formula is C12H15Cl2NO2. The Morgan fingerprint density at radius 3 is 2.76 bits per heavy atom. The number of hydrogen-bond acceptors (Lipinski definition) is 3. The van der Waals surface area contributed by atoms with E-state index in [1.54, 1.807) is 13.2 Å². The van der Waals surface area contributed by atoms with E-state index in [1.807, 2.05) is 0 Å². The summed E-state index contributed by atoms with van der Waals surface area (Å²) in [5.74, 6) is 0.103. The largest absolute Gasteiger partial charge is 0.506 e. The molecule has 2 rings (SSSR count). The lowest BCUT2D eigenvalue weighted by molar-refractivity contribution is 0.0169. The van der Waals surface area contributed by atoms with E-state index in [4.69, 9.17) is 27.9 Å². The maximum atomic E-state index is 9.77. The topological polar surface area (TPSA) is 41.5 Å². The normalized spacial score (nSPS) is 23.5. The van der Waals surface area contributed by atoms with Crippen LogP contribution in [0.3, 0.4) is 0 Å². The number of phenolic OH excluding ortho intramolecular Hbond substituents is 1. The van der Waals surface area contributed by atoms with Crippen LogP contribution in [-0.4, -0.2) is 24.4 Å². The van der Waals surface area contributed by atoms with Crippen LogP contribution in [-0.2, 0) is 11.3 Å². The van der Waals surface area contributed by atoms with Gasteiger partial charge in [0.25, 0.3) is 0 Å². The quantitative estimate of drug-likeness (QED) is 0.888. The van der Waals surface area contributed by atoms with E-state index in [0.29, 0.717) is 23.7 Å². The fourth-order valence-corrected chi connectivity index (χ4v) is 2.47. The average Bonchev–Trinajstić information content (AvgIpc) is 2.22. The maximum Gasteiger partial charge on any atom is 0.138 e. The van der Waals surface area contributed by atoms with Crippen LogP contribution in [0, 0.1) is 0 Å². The zero-order valence-corrected chi connectivity index (χ0v) is 11.1. The van der Waals surface area contributed by atoms with Crippen molar-refractivity contribution in [1.82, 2.24) is 5.32 Å². The highest BCUT2D eigenvalue weighted by molar-refractivity contribution is 6.35. The van der Waals surface area contributed by atoms with Gasteiger partial charge < -0.3 is 15.2 Å². The van der Waals surface area contributed by atoms with Crippen molar-refractivity contribution < 1.29 is 9.84 Å². The van der Waals surface area contributed by atoms with Crippen LogP contribution >= 0.6 is 23.2 Å². The molecule has 0 amide bonds. The predicted octanol–water partition coefficient (Wildman–Crippen LogP) is 2.97. The minimum Gasteiger partial charge on any atom is -0.506 e. The van der Waals surface area contributed by atoms with Gasteiger partial charge in [-0.1, -0.05) is 23.2 Å². The van der Waals surface area contributed by atoms with Gasteiger partial charge in [-0.05, 0) is 25.0 Å². The SMILES string of the molecule is COC1CC(NCc2cc(Cl)cc(Cl)c2O)C1. The first-order valence-electron chi connectivity index (χ1n) is 5.53. The fourth-order valence-electron chi connectivity index (χ4n) is 1.93. The maximum absolute atomic E-state index is 9.77. The van der Waals surface area contributed by atoms with Gasteiger partial charge in [0.05, 0.1) is 11.1 Å². The Morgan fingerprint density at radius 2 is 2.12 bits per heavy atom. The lowest BCUT2D eigenvalue weighted by Gasteiger charge is -2.34. The van der Waals surface area contributed by atoms with Gasteiger partial charge in [-0.3, -0.25) is 0 Å². The molecule has 5 heteroatoms. The number of ether oxygens (including phenoxy) is 1. The molecule has 0 aromatic heterocycles. The molecule has 0 atom stereocenters. The average molecular weight is 276 g/mol. The van der Waals surface area contributed by atoms with Crippen molar-refractivity contribution in [3.8, 4) is 5.75 Å². The van der Waals surface area contributed by atoms with Gasteiger partial charge in [-0.25, -0.2) is 0 Å². The number of methoxy groups -OCH3 is 1. The van der Waals surface area contributed by atoms with E-state index in [9.17, 15) is 5.11 Å². The van der Waals surface area contributed by atoms with Crippen LogP contribution < -0.4 is 5.32 Å². The minimum atomic E-state index is 0.103. The second kappa shape index (κ2) is 5.44. The lowest BCUT2D eigenvalue weighted by Crippen LogP contribution is -2.44. The molecule has 17 heavy (non-hydrogen) atoms. The number of nitrogens with one attached hydrogen (secondary N) is 1. The molecule has 1 aliphatic carbocycles. The molecule has 2 N–H and O–H groups in total. The molecule has 0 radical (unpaired) electrons. The summed E-state index contributed by atoms with van der Waals surface area (Å²) >= 11 is 11.7. The van der Waals surface area contributed by atoms with Gasteiger partial charge in [-0.15, -0.1) is 0 Å². The van der Waals surface area contributed by atoms with E-state index in [2.05, 4.69) is 5.32 Å². The lowest BCUT2D eigenvalue weighted by atomic mass is 9.89. The number of phenols is 1. The van der Waals surface area contributed by atoms with Crippen LogP contribution in [0.2, 0.25) is 10.0 Å². The summed E-state index contributed by atoms with van der Waals surface area (Å²) in [6.07, 6.45) is 2.38. The molecule has 3 nitrogen and oxygen atoms in total. The van der Waals surface area contributed by atoms with Gasteiger partial charge >= 0.3 is 0 Å². The highest BCUT2D eigenvalue weighted by Gasteiger charge is 2.28. The van der Waals surface area contributed by atoms with Gasteiger partial charge in [0, 0.05) is 30.3 Å². The highest BCUT2D eigenvalue weighted by atomic mass is 35.5. The summed E-state index contributed by atoms with van der Waals surface area (Å²) in [5, 5.41) is 13.9. The molecule has 0 aliphatic heterocycles. The standard InChI is InChI=1S/C12H15Cl2NO2/c1-17-10-4-9(5-10)15-6-7-2-8(13)3-11(14)12(7)16/h2-3,9-10,15-16H,4-6H2,1H3. The molecular weight excluding hydrogens is 261 g/mol. The number of rotatable bonds is 4. The third-order valence-corrected chi connectivity index (χ3v) is 3.62. The second-order valence-electron chi connectivity index (χ2n) is 4.30. The van der Waals surface area contributed by atoms with Crippen molar-refractivity contribution in [1.29, 1.82) is 0 Å². The minimum absolute atomic E-state index is 0.103. The molecule has 1 saturated carbocycles. The van der Waals surface area contributed by atoms with Gasteiger partial charge in [0.1, 0.15) is 5.75 Å². The Bertz CT molecular complexity index is 406. The van der Waals surface area contributed by atoms with Gasteiger partial charge in [0.15, 0.2) is 0 Å². The first kappa shape index (κ1) is 13.0. The summed E-state index contributed by atoms with van der Waals surface area (Å²) in [6.45, 7) is 0.563. The van der Waals surface area contributed by atoms with Crippen LogP contribution in [0.15, 0.2) is 12.1 Å². The zero-order chi connectivity index (χ0) is 12.4. The molecule has 0 bridgehead atoms. The van der Waals surface area contributed by atoms with Crippen LogP contribution in [0.5, 0.6) is 5.75 Å². The van der Waals surface area contributed by atoms with Crippen LogP contribution in [0.1, 0.15) is 18.4 Å². The molecule has 1 aliphatic rings. The Kier molecular flexibility index (Phi) is 4.15. The molecule has 0 saturated heterocycles. The highest BCUT2D eigenvalue weighted by Crippen LogP contribution is 2.31. The third-order valence-electron chi connectivity index (χ3n) is 3.12. The van der Waals surface area contributed by atoms with Crippen molar-refractivity contribution in [2.45, 2.75) is 31.5 Å². The van der Waals surface area contributed by atoms with Crippen molar-refractivity contribution in [2.24, 2.45) is 0 Å². The summed E-state index contributed by atoms with van der Waals surface area (Å²) in [4.78, 5) is 0. The van der Waals surface area contributed by atoms with E-state index in [-0.39, 0.29) is 10.8 Å². The van der Waals surface area contributed by atoms with Crippen LogP contribution in [0.25, 0.3) is 0 Å². The number of benzene rings is 1. The molecule has 0 unspecified atom stereocenters. The molecule has 1 aromatic carbocycles. The Balaban J connectivity index is 1.91. The molecule has 94 valence electrons. The summed E-state index contributed by atoms with van der Waals surface area (Å²) < 4.78 is 5.20. The van der Waals surface area contributed by atoms with Gasteiger partial charge in [0.2, 0.25) is 0 Å². The molecule has 0 spiro atoms. The van der Waals surface area contributed by atoms with Crippen molar-refractivity contribution in [2.75, 3.05) is 7.11 Å². The molecule has 1 aromatic rings. The van der Waals surface area contributed by atoms with Crippen molar-refractivity contribution in [3.05, 3.63) is 27.7 Å². The second-order valence-corrected chi connectivity index (χ2v) is 5.15. The third kappa shape index (κ3) is 3.05. The molecule has 1 fully saturated rings. The summed E-state index contributed by atoms with van der Waals surface area (Å²) in [7, 11) is 1.73. The number of halogens is 2. The first-order chi connectivity index (χ1) is 8.10. The van der Waals surface area contributed by atoms with Crippen LogP contribution in [0.4, 0.5) is 0 Å². The number of aromatic hydroxyl groups is 1. The van der Waals surface area contributed by atoms with Gasteiger partial charge in [-0.2, -0.15) is 0 Å². The fraction of sp³-hybridized carbons (Fsp3) is 0.500. The van der Waals surface area contributed by atoms with Crippen molar-refractivity contribution >= 4 is 23.2 Å². The van der Waals surface area contributed by atoms with E-state index >= 15 is 0 Å². The monoisotopic (exact) mass is 275 g/mol. The Hall–Kier alpha value is -0.480. The predicted molar refractivity (Wildman–Crippen MR) is 68.8 cm³/mol. The number of hydrogen-bond donors (Lipinski definition) is 2. The zero-order valence-electron chi connectivity index (χ0n) is 9.54. The smallest absolute Gasteiger partial charge is 0.138 e. The molecule has 0 heterocycles. The van der Waals surface area contributed by atoms with E-state index < -0.39 is 0 Å². The van der Waals surface area contributed by atoms with Crippen molar-refractivity contribution in [3.63, 3.8) is 0 Å². The van der Waals surface area contributed by atoms with E-state index in [1.165, 1.54) is 6.07 Å². The summed E-state index contributed by atoms with van der Waals surface area (Å²) in [6, 6.07) is 3.70. The Morgan fingerprint density at radius 1 is 1.41 bits per heavy atom. The first-order valence-corrected chi connectivity index (χ1v) is 6.28. The Labute approximate surface area is 111 Å². The summed E-state index contributed by atoms with van der Waals surface area (Å²) in [5.41, 5.74) is 0.725. The van der Waals surface area contributed by atoms with E-state index in [0.717, 1.165) is 18.4 Å².